The quantitative estimate of drug-likeness (QED) is 0.315. The maximum Gasteiger partial charge on any atom is 0.273 e. The molecule has 1 amide bonds. The van der Waals surface area contributed by atoms with Crippen LogP contribution in [0.1, 0.15) is 53.8 Å². The Bertz CT molecular complexity index is 985. The number of nitrogens with one attached hydrogen (secondary N) is 1. The van der Waals surface area contributed by atoms with E-state index in [-0.39, 0.29) is 17.4 Å². The molecule has 0 aliphatic rings. The number of carbonyl (C=O) groups excluding carboxylic acids is 1. The predicted octanol–water partition coefficient (Wildman–Crippen LogP) is 4.03. The van der Waals surface area contributed by atoms with Crippen LogP contribution in [0, 0.1) is 19.7 Å². The van der Waals surface area contributed by atoms with Crippen molar-refractivity contribution in [3.63, 3.8) is 0 Å². The van der Waals surface area contributed by atoms with Crippen LogP contribution >= 0.6 is 11.8 Å². The first-order valence-corrected chi connectivity index (χ1v) is 10.9. The summed E-state index contributed by atoms with van der Waals surface area (Å²) in [5.41, 5.74) is 3.26. The monoisotopic (exact) mass is 428 g/mol. The second kappa shape index (κ2) is 10.3. The minimum atomic E-state index is -0.340. The Morgan fingerprint density at radius 2 is 1.83 bits per heavy atom. The molecule has 7 nitrogen and oxygen atoms in total. The van der Waals surface area contributed by atoms with Crippen molar-refractivity contribution in [1.82, 2.24) is 30.3 Å². The molecule has 9 heteroatoms. The Kier molecular flexibility index (Phi) is 7.51. The van der Waals surface area contributed by atoms with Crippen LogP contribution in [0.15, 0.2) is 35.5 Å². The number of thioether (sulfide) groups is 1. The molecule has 0 bridgehead atoms. The van der Waals surface area contributed by atoms with Crippen molar-refractivity contribution in [1.29, 1.82) is 0 Å². The van der Waals surface area contributed by atoms with E-state index in [1.54, 1.807) is 16.8 Å². The Morgan fingerprint density at radius 1 is 1.13 bits per heavy atom. The third kappa shape index (κ3) is 5.63. The van der Waals surface area contributed by atoms with Gasteiger partial charge < -0.3 is 5.32 Å². The van der Waals surface area contributed by atoms with Crippen LogP contribution in [0.3, 0.4) is 0 Å². The molecule has 2 aromatic heterocycles. The molecular weight excluding hydrogens is 403 g/mol. The number of amides is 1. The molecule has 0 saturated carbocycles. The molecule has 2 heterocycles. The van der Waals surface area contributed by atoms with Gasteiger partial charge >= 0.3 is 0 Å². The van der Waals surface area contributed by atoms with Gasteiger partial charge in [0.1, 0.15) is 5.82 Å². The van der Waals surface area contributed by atoms with E-state index >= 15 is 0 Å². The summed E-state index contributed by atoms with van der Waals surface area (Å²) in [6.45, 7) is 6.53. The fourth-order valence-electron chi connectivity index (χ4n) is 2.95. The zero-order valence-electron chi connectivity index (χ0n) is 17.4. The second-order valence-corrected chi connectivity index (χ2v) is 7.90. The number of aromatic nitrogens is 5. The molecule has 0 unspecified atom stereocenters. The van der Waals surface area contributed by atoms with Crippen molar-refractivity contribution < 1.29 is 9.18 Å². The molecule has 1 N–H and O–H groups in total. The van der Waals surface area contributed by atoms with Crippen molar-refractivity contribution in [3.8, 4) is 5.69 Å². The van der Waals surface area contributed by atoms with Crippen molar-refractivity contribution >= 4 is 17.7 Å². The number of halogens is 1. The summed E-state index contributed by atoms with van der Waals surface area (Å²) in [6, 6.07) is 7.82. The topological polar surface area (TPSA) is 85.6 Å². The van der Waals surface area contributed by atoms with Gasteiger partial charge in [-0.15, -0.1) is 5.10 Å². The Hall–Kier alpha value is -2.81. The maximum atomic E-state index is 13.4. The van der Waals surface area contributed by atoms with Gasteiger partial charge in [-0.25, -0.2) is 19.0 Å². The largest absolute Gasteiger partial charge is 0.351 e. The first-order valence-electron chi connectivity index (χ1n) is 9.91. The summed E-state index contributed by atoms with van der Waals surface area (Å²) < 4.78 is 14.9. The molecule has 1 aromatic carbocycles. The molecule has 0 atom stereocenters. The number of carbonyl (C=O) groups is 1. The highest BCUT2D eigenvalue weighted by atomic mass is 32.2. The fraction of sp³-hybridized carbons (Fsp3) is 0.381. The molecule has 3 aromatic rings. The van der Waals surface area contributed by atoms with E-state index < -0.39 is 0 Å². The molecule has 0 fully saturated rings. The van der Waals surface area contributed by atoms with Gasteiger partial charge in [-0.1, -0.05) is 36.7 Å². The molecule has 0 radical (unpaired) electrons. The summed E-state index contributed by atoms with van der Waals surface area (Å²) >= 11 is 1.40. The van der Waals surface area contributed by atoms with E-state index in [4.69, 9.17) is 0 Å². The highest BCUT2D eigenvalue weighted by molar-refractivity contribution is 7.98. The number of benzene rings is 1. The molecule has 0 spiro atoms. The zero-order valence-corrected chi connectivity index (χ0v) is 18.2. The van der Waals surface area contributed by atoms with E-state index in [9.17, 15) is 9.18 Å². The zero-order chi connectivity index (χ0) is 21.5. The van der Waals surface area contributed by atoms with Gasteiger partial charge in [-0.2, -0.15) is 0 Å². The van der Waals surface area contributed by atoms with Gasteiger partial charge in [0.2, 0.25) is 0 Å². The van der Waals surface area contributed by atoms with Gasteiger partial charge in [-0.3, -0.25) is 4.79 Å². The summed E-state index contributed by atoms with van der Waals surface area (Å²) in [5.74, 6) is -0.214. The third-order valence-electron chi connectivity index (χ3n) is 4.42. The average molecular weight is 429 g/mol. The lowest BCUT2D eigenvalue weighted by molar-refractivity contribution is 0.0947. The Morgan fingerprint density at radius 3 is 2.50 bits per heavy atom. The highest BCUT2D eigenvalue weighted by Gasteiger charge is 2.21. The van der Waals surface area contributed by atoms with E-state index in [2.05, 4.69) is 32.5 Å². The minimum absolute atomic E-state index is 0.257. The molecule has 30 heavy (non-hydrogen) atoms. The first kappa shape index (κ1) is 21.9. The van der Waals surface area contributed by atoms with Crippen molar-refractivity contribution in [2.75, 3.05) is 6.54 Å². The van der Waals surface area contributed by atoms with Crippen LogP contribution in [0.25, 0.3) is 5.69 Å². The van der Waals surface area contributed by atoms with Crippen molar-refractivity contribution in [3.05, 3.63) is 58.9 Å². The van der Waals surface area contributed by atoms with Gasteiger partial charge in [-0.05, 0) is 50.6 Å². The summed E-state index contributed by atoms with van der Waals surface area (Å²) in [7, 11) is 0. The van der Waals surface area contributed by atoms with Gasteiger partial charge in [0.15, 0.2) is 10.9 Å². The molecule has 0 saturated heterocycles. The molecule has 0 aliphatic heterocycles. The minimum Gasteiger partial charge on any atom is -0.351 e. The van der Waals surface area contributed by atoms with Gasteiger partial charge in [0.25, 0.3) is 5.91 Å². The van der Waals surface area contributed by atoms with Gasteiger partial charge in [0.05, 0.1) is 11.4 Å². The number of rotatable bonds is 9. The second-order valence-electron chi connectivity index (χ2n) is 6.96. The highest BCUT2D eigenvalue weighted by Crippen LogP contribution is 2.24. The normalized spacial score (nSPS) is 10.9. The Labute approximate surface area is 179 Å². The molecule has 0 aliphatic carbocycles. The summed E-state index contributed by atoms with van der Waals surface area (Å²) in [4.78, 5) is 21.6. The SMILES string of the molecule is CCCCCNC(=O)c1nnn(-c2ccc(F)cc2)c1CSc1nc(C)cc(C)n1. The molecular formula is C21H25FN6OS. The van der Waals surface area contributed by atoms with Crippen molar-refractivity contribution in [2.24, 2.45) is 0 Å². The molecule has 158 valence electrons. The van der Waals surface area contributed by atoms with E-state index in [0.717, 1.165) is 30.7 Å². The van der Waals surface area contributed by atoms with Crippen LogP contribution in [-0.2, 0) is 5.75 Å². The summed E-state index contributed by atoms with van der Waals surface area (Å²) in [6.07, 6.45) is 3.04. The van der Waals surface area contributed by atoms with Crippen LogP contribution in [-0.4, -0.2) is 37.4 Å². The van der Waals surface area contributed by atoms with Crippen LogP contribution in [0.2, 0.25) is 0 Å². The lowest BCUT2D eigenvalue weighted by Gasteiger charge is -2.09. The number of hydrogen-bond acceptors (Lipinski definition) is 6. The molecule has 3 rings (SSSR count). The van der Waals surface area contributed by atoms with Gasteiger partial charge in [0, 0.05) is 23.7 Å². The number of unbranched alkanes of at least 4 members (excludes halogenated alkanes) is 2. The Balaban J connectivity index is 1.87. The number of nitrogens with zero attached hydrogens (tertiary/aromatic N) is 5. The lowest BCUT2D eigenvalue weighted by atomic mass is 10.2. The van der Waals surface area contributed by atoms with Crippen LogP contribution in [0.5, 0.6) is 0 Å². The third-order valence-corrected chi connectivity index (χ3v) is 5.27. The van der Waals surface area contributed by atoms with E-state index in [1.165, 1.54) is 23.9 Å². The summed E-state index contributed by atoms with van der Waals surface area (Å²) in [5, 5.41) is 11.8. The fourth-order valence-corrected chi connectivity index (χ4v) is 3.89. The van der Waals surface area contributed by atoms with Crippen LogP contribution < -0.4 is 5.32 Å². The van der Waals surface area contributed by atoms with E-state index in [1.807, 2.05) is 19.9 Å². The number of aryl methyl sites for hydroxylation is 2. The van der Waals surface area contributed by atoms with E-state index in [0.29, 0.717) is 28.8 Å². The first-order chi connectivity index (χ1) is 14.5. The number of hydrogen-bond donors (Lipinski definition) is 1. The average Bonchev–Trinajstić information content (AvgIpc) is 3.13. The smallest absolute Gasteiger partial charge is 0.273 e. The predicted molar refractivity (Wildman–Crippen MR) is 114 cm³/mol. The maximum absolute atomic E-state index is 13.4. The lowest BCUT2D eigenvalue weighted by Crippen LogP contribution is -2.26. The van der Waals surface area contributed by atoms with Crippen LogP contribution in [0.4, 0.5) is 4.39 Å². The van der Waals surface area contributed by atoms with Crippen molar-refractivity contribution in [2.45, 2.75) is 50.9 Å². The standard InChI is InChI=1S/C21H25FN6OS/c1-4-5-6-11-23-20(29)19-18(13-30-21-24-14(2)12-15(3)25-21)28(27-26-19)17-9-7-16(22)8-10-17/h7-10,12H,4-6,11,13H2,1-3H3,(H,23,29).